The SMILES string of the molecule is Cc1ncccc1C(=O)OC(C)(C)C. The Morgan fingerprint density at radius 2 is 2.07 bits per heavy atom. The van der Waals surface area contributed by atoms with Crippen LogP contribution in [0.4, 0.5) is 0 Å². The molecule has 1 rings (SSSR count). The van der Waals surface area contributed by atoms with Crippen molar-refractivity contribution in [1.82, 2.24) is 4.98 Å². The molecule has 0 N–H and O–H groups in total. The van der Waals surface area contributed by atoms with Gasteiger partial charge in [0.2, 0.25) is 0 Å². The van der Waals surface area contributed by atoms with Crippen molar-refractivity contribution in [3.63, 3.8) is 0 Å². The summed E-state index contributed by atoms with van der Waals surface area (Å²) in [7, 11) is 0. The molecule has 1 aromatic heterocycles. The molecular formula is C11H15NO2. The Morgan fingerprint density at radius 3 is 2.57 bits per heavy atom. The third-order valence-electron chi connectivity index (χ3n) is 1.63. The Hall–Kier alpha value is -1.38. The van der Waals surface area contributed by atoms with Crippen LogP contribution in [0, 0.1) is 6.92 Å². The fourth-order valence-electron chi connectivity index (χ4n) is 1.03. The summed E-state index contributed by atoms with van der Waals surface area (Å²) in [6.45, 7) is 7.32. The molecule has 76 valence electrons. The molecule has 0 fully saturated rings. The largest absolute Gasteiger partial charge is 0.456 e. The summed E-state index contributed by atoms with van der Waals surface area (Å²) in [5.41, 5.74) is 0.767. The molecule has 0 spiro atoms. The molecule has 0 amide bonds. The molecule has 0 atom stereocenters. The lowest BCUT2D eigenvalue weighted by Gasteiger charge is -2.19. The highest BCUT2D eigenvalue weighted by atomic mass is 16.6. The number of carbonyl (C=O) groups is 1. The van der Waals surface area contributed by atoms with Gasteiger partial charge >= 0.3 is 5.97 Å². The van der Waals surface area contributed by atoms with E-state index in [0.717, 1.165) is 0 Å². The van der Waals surface area contributed by atoms with Crippen molar-refractivity contribution in [2.45, 2.75) is 33.3 Å². The lowest BCUT2D eigenvalue weighted by atomic mass is 10.1. The number of hydrogen-bond donors (Lipinski definition) is 0. The second-order valence-corrected chi connectivity index (χ2v) is 4.14. The molecule has 3 heteroatoms. The Kier molecular flexibility index (Phi) is 2.89. The molecule has 0 aromatic carbocycles. The van der Waals surface area contributed by atoms with Gasteiger partial charge in [-0.05, 0) is 39.8 Å². The molecule has 14 heavy (non-hydrogen) atoms. The molecule has 0 aliphatic heterocycles. The van der Waals surface area contributed by atoms with Gasteiger partial charge < -0.3 is 4.74 Å². The number of esters is 1. The van der Waals surface area contributed by atoms with Gasteiger partial charge in [0.05, 0.1) is 11.3 Å². The van der Waals surface area contributed by atoms with Gasteiger partial charge in [-0.15, -0.1) is 0 Å². The molecule has 0 saturated carbocycles. The summed E-state index contributed by atoms with van der Waals surface area (Å²) < 4.78 is 5.23. The van der Waals surface area contributed by atoms with Crippen molar-refractivity contribution >= 4 is 5.97 Å². The van der Waals surface area contributed by atoms with Crippen LogP contribution in [0.2, 0.25) is 0 Å². The van der Waals surface area contributed by atoms with Gasteiger partial charge in [0, 0.05) is 6.20 Å². The van der Waals surface area contributed by atoms with Crippen LogP contribution in [0.15, 0.2) is 18.3 Å². The van der Waals surface area contributed by atoms with Crippen molar-refractivity contribution in [1.29, 1.82) is 0 Å². The second-order valence-electron chi connectivity index (χ2n) is 4.14. The summed E-state index contributed by atoms with van der Waals surface area (Å²) in [5, 5.41) is 0. The predicted molar refractivity (Wildman–Crippen MR) is 54.1 cm³/mol. The van der Waals surface area contributed by atoms with Crippen LogP contribution in [0.5, 0.6) is 0 Å². The highest BCUT2D eigenvalue weighted by molar-refractivity contribution is 5.90. The van der Waals surface area contributed by atoms with Crippen LogP contribution in [0.1, 0.15) is 36.8 Å². The number of aryl methyl sites for hydroxylation is 1. The third kappa shape index (κ3) is 2.83. The van der Waals surface area contributed by atoms with Gasteiger partial charge in [0.1, 0.15) is 5.60 Å². The molecule has 0 aliphatic carbocycles. The average molecular weight is 193 g/mol. The smallest absolute Gasteiger partial charge is 0.340 e. The topological polar surface area (TPSA) is 39.2 Å². The van der Waals surface area contributed by atoms with Gasteiger partial charge in [0.15, 0.2) is 0 Å². The van der Waals surface area contributed by atoms with E-state index in [1.54, 1.807) is 25.3 Å². The second kappa shape index (κ2) is 3.78. The fourth-order valence-corrected chi connectivity index (χ4v) is 1.03. The lowest BCUT2D eigenvalue weighted by molar-refractivity contribution is 0.00682. The lowest BCUT2D eigenvalue weighted by Crippen LogP contribution is -2.24. The van der Waals surface area contributed by atoms with Gasteiger partial charge in [0.25, 0.3) is 0 Å². The summed E-state index contributed by atoms with van der Waals surface area (Å²) in [5.74, 6) is -0.317. The third-order valence-corrected chi connectivity index (χ3v) is 1.63. The maximum Gasteiger partial charge on any atom is 0.340 e. The van der Waals surface area contributed by atoms with Gasteiger partial charge in [-0.2, -0.15) is 0 Å². The fraction of sp³-hybridized carbons (Fsp3) is 0.455. The van der Waals surface area contributed by atoms with E-state index in [4.69, 9.17) is 4.74 Å². The van der Waals surface area contributed by atoms with Crippen LogP contribution in [0.25, 0.3) is 0 Å². The first-order chi connectivity index (χ1) is 6.40. The van der Waals surface area contributed by atoms with Crippen molar-refractivity contribution in [3.8, 4) is 0 Å². The zero-order valence-electron chi connectivity index (χ0n) is 9.00. The Bertz CT molecular complexity index is 339. The minimum Gasteiger partial charge on any atom is -0.456 e. The van der Waals surface area contributed by atoms with E-state index >= 15 is 0 Å². The van der Waals surface area contributed by atoms with E-state index in [-0.39, 0.29) is 5.97 Å². The minimum absolute atomic E-state index is 0.317. The van der Waals surface area contributed by atoms with Crippen LogP contribution in [-0.4, -0.2) is 16.6 Å². The Morgan fingerprint density at radius 1 is 1.43 bits per heavy atom. The molecule has 1 aromatic rings. The Labute approximate surface area is 84.1 Å². The van der Waals surface area contributed by atoms with Crippen molar-refractivity contribution in [2.75, 3.05) is 0 Å². The van der Waals surface area contributed by atoms with Crippen LogP contribution in [-0.2, 0) is 4.74 Å². The maximum atomic E-state index is 11.6. The summed E-state index contributed by atoms with van der Waals surface area (Å²) in [6.07, 6.45) is 1.66. The normalized spacial score (nSPS) is 11.1. The summed E-state index contributed by atoms with van der Waals surface area (Å²) >= 11 is 0. The van der Waals surface area contributed by atoms with Gasteiger partial charge in [-0.25, -0.2) is 4.79 Å². The molecular weight excluding hydrogens is 178 g/mol. The van der Waals surface area contributed by atoms with E-state index in [1.165, 1.54) is 0 Å². The summed E-state index contributed by atoms with van der Waals surface area (Å²) in [4.78, 5) is 15.6. The average Bonchev–Trinajstić information content (AvgIpc) is 2.01. The molecule has 0 unspecified atom stereocenters. The first-order valence-electron chi connectivity index (χ1n) is 4.55. The molecule has 0 aliphatic rings. The van der Waals surface area contributed by atoms with E-state index in [9.17, 15) is 4.79 Å². The number of carbonyl (C=O) groups excluding carboxylic acids is 1. The van der Waals surface area contributed by atoms with Crippen LogP contribution in [0.3, 0.4) is 0 Å². The van der Waals surface area contributed by atoms with Crippen LogP contribution >= 0.6 is 0 Å². The highest BCUT2D eigenvalue weighted by Gasteiger charge is 2.19. The number of nitrogens with zero attached hydrogens (tertiary/aromatic N) is 1. The molecule has 0 bridgehead atoms. The zero-order valence-corrected chi connectivity index (χ0v) is 9.00. The molecule has 1 heterocycles. The van der Waals surface area contributed by atoms with E-state index in [2.05, 4.69) is 4.98 Å². The number of ether oxygens (including phenoxy) is 1. The minimum atomic E-state index is -0.459. The number of pyridine rings is 1. The molecule has 0 radical (unpaired) electrons. The van der Waals surface area contributed by atoms with E-state index in [1.807, 2.05) is 20.8 Å². The highest BCUT2D eigenvalue weighted by Crippen LogP contribution is 2.13. The van der Waals surface area contributed by atoms with Crippen LogP contribution < -0.4 is 0 Å². The molecule has 0 saturated heterocycles. The standard InChI is InChI=1S/C11H15NO2/c1-8-9(6-5-7-12-8)10(13)14-11(2,3)4/h5-7H,1-4H3. The molecule has 3 nitrogen and oxygen atoms in total. The maximum absolute atomic E-state index is 11.6. The zero-order chi connectivity index (χ0) is 10.8. The number of hydrogen-bond acceptors (Lipinski definition) is 3. The number of aromatic nitrogens is 1. The Balaban J connectivity index is 2.86. The van der Waals surface area contributed by atoms with Crippen molar-refractivity contribution in [3.05, 3.63) is 29.6 Å². The first kappa shape index (κ1) is 10.7. The van der Waals surface area contributed by atoms with Gasteiger partial charge in [-0.1, -0.05) is 0 Å². The quantitative estimate of drug-likeness (QED) is 0.642. The monoisotopic (exact) mass is 193 g/mol. The number of rotatable bonds is 1. The first-order valence-corrected chi connectivity index (χ1v) is 4.55. The summed E-state index contributed by atoms with van der Waals surface area (Å²) in [6, 6.07) is 3.45. The van der Waals surface area contributed by atoms with E-state index in [0.29, 0.717) is 11.3 Å². The van der Waals surface area contributed by atoms with Crippen molar-refractivity contribution < 1.29 is 9.53 Å². The van der Waals surface area contributed by atoms with Gasteiger partial charge in [-0.3, -0.25) is 4.98 Å². The predicted octanol–water partition coefficient (Wildman–Crippen LogP) is 2.35. The van der Waals surface area contributed by atoms with E-state index < -0.39 is 5.60 Å². The van der Waals surface area contributed by atoms with Crippen molar-refractivity contribution in [2.24, 2.45) is 0 Å².